The van der Waals surface area contributed by atoms with Crippen LogP contribution in [0.2, 0.25) is 0 Å². The molecule has 6 nitrogen and oxygen atoms in total. The number of nitrogens with zero attached hydrogens (tertiary/aromatic N) is 4. The highest BCUT2D eigenvalue weighted by atomic mass is 19.3. The summed E-state index contributed by atoms with van der Waals surface area (Å²) in [5, 5.41) is 8.28. The van der Waals surface area contributed by atoms with Crippen LogP contribution in [0.25, 0.3) is 11.4 Å². The number of alkyl halides is 2. The van der Waals surface area contributed by atoms with Gasteiger partial charge in [0.25, 0.3) is 0 Å². The van der Waals surface area contributed by atoms with Crippen molar-refractivity contribution in [3.8, 4) is 11.4 Å². The first-order valence-electron chi connectivity index (χ1n) is 8.08. The summed E-state index contributed by atoms with van der Waals surface area (Å²) in [6, 6.07) is 0. The number of hydrogen-bond acceptors (Lipinski definition) is 5. The largest absolute Gasteiger partial charge is 0.383 e. The predicted molar refractivity (Wildman–Crippen MR) is 85.7 cm³/mol. The van der Waals surface area contributed by atoms with Crippen molar-refractivity contribution in [1.82, 2.24) is 19.9 Å². The third kappa shape index (κ3) is 2.89. The van der Waals surface area contributed by atoms with Gasteiger partial charge in [0.05, 0.1) is 17.3 Å². The van der Waals surface area contributed by atoms with E-state index in [0.29, 0.717) is 35.9 Å². The number of hydrogen-bond donors (Lipinski definition) is 1. The second kappa shape index (κ2) is 5.26. The number of aromatic nitrogens is 4. The van der Waals surface area contributed by atoms with Gasteiger partial charge in [-0.25, -0.2) is 13.5 Å². The molecule has 1 aliphatic carbocycles. The Bertz CT molecular complexity index is 734. The van der Waals surface area contributed by atoms with Crippen molar-refractivity contribution < 1.29 is 13.3 Å². The van der Waals surface area contributed by atoms with Crippen molar-refractivity contribution in [3.63, 3.8) is 0 Å². The maximum atomic E-state index is 13.4. The Morgan fingerprint density at radius 3 is 2.38 bits per heavy atom. The number of nitrogens with two attached hydrogens (primary N) is 1. The summed E-state index contributed by atoms with van der Waals surface area (Å²) in [6.45, 7) is 7.86. The summed E-state index contributed by atoms with van der Waals surface area (Å²) in [7, 11) is 0. The third-order valence-electron chi connectivity index (χ3n) is 4.71. The summed E-state index contributed by atoms with van der Waals surface area (Å²) in [4.78, 5) is 4.42. The smallest absolute Gasteiger partial charge is 0.248 e. The van der Waals surface area contributed by atoms with Gasteiger partial charge >= 0.3 is 0 Å². The van der Waals surface area contributed by atoms with Gasteiger partial charge in [0, 0.05) is 18.3 Å². The molecular weight excluding hydrogens is 316 g/mol. The summed E-state index contributed by atoms with van der Waals surface area (Å²) in [6.07, 6.45) is 1.92. The number of anilines is 1. The third-order valence-corrected chi connectivity index (χ3v) is 4.71. The molecule has 0 amide bonds. The predicted octanol–water partition coefficient (Wildman–Crippen LogP) is 3.74. The molecule has 0 saturated heterocycles. The molecule has 24 heavy (non-hydrogen) atoms. The standard InChI is InChI=1S/C16H23F2N5O/c1-14(2,3)23-11(19)10(9-20-23)12-21-13(24-22-12)15(4)5-7-16(17,18)8-6-15/h9H,5-8,19H2,1-4H3. The van der Waals surface area contributed by atoms with Crippen molar-refractivity contribution in [1.29, 1.82) is 0 Å². The maximum absolute atomic E-state index is 13.4. The van der Waals surface area contributed by atoms with E-state index in [1.54, 1.807) is 10.9 Å². The molecule has 1 aliphatic rings. The summed E-state index contributed by atoms with van der Waals surface area (Å²) < 4.78 is 33.9. The molecule has 0 aromatic carbocycles. The highest BCUT2D eigenvalue weighted by molar-refractivity contribution is 5.67. The van der Waals surface area contributed by atoms with E-state index in [1.165, 1.54) is 0 Å². The molecule has 0 aliphatic heterocycles. The highest BCUT2D eigenvalue weighted by Crippen LogP contribution is 2.45. The second-order valence-corrected chi connectivity index (χ2v) is 7.87. The fraction of sp³-hybridized carbons (Fsp3) is 0.688. The first kappa shape index (κ1) is 16.9. The molecule has 2 aromatic heterocycles. The van der Waals surface area contributed by atoms with E-state index in [4.69, 9.17) is 10.3 Å². The molecule has 2 heterocycles. The van der Waals surface area contributed by atoms with Gasteiger partial charge in [0.2, 0.25) is 17.6 Å². The Morgan fingerprint density at radius 2 is 1.83 bits per heavy atom. The topological polar surface area (TPSA) is 82.8 Å². The Morgan fingerprint density at radius 1 is 1.21 bits per heavy atom. The van der Waals surface area contributed by atoms with Gasteiger partial charge in [-0.2, -0.15) is 10.1 Å². The van der Waals surface area contributed by atoms with Gasteiger partial charge in [-0.3, -0.25) is 0 Å². The van der Waals surface area contributed by atoms with Crippen LogP contribution in [0.1, 0.15) is 59.3 Å². The van der Waals surface area contributed by atoms with E-state index < -0.39 is 11.3 Å². The van der Waals surface area contributed by atoms with Crippen molar-refractivity contribution in [2.75, 3.05) is 5.73 Å². The summed E-state index contributed by atoms with van der Waals surface area (Å²) in [5.74, 6) is -1.41. The van der Waals surface area contributed by atoms with Gasteiger partial charge in [0.15, 0.2) is 0 Å². The zero-order chi connectivity index (χ0) is 17.8. The second-order valence-electron chi connectivity index (χ2n) is 7.87. The van der Waals surface area contributed by atoms with E-state index in [1.807, 2.05) is 27.7 Å². The molecule has 2 N–H and O–H groups in total. The zero-order valence-electron chi connectivity index (χ0n) is 14.4. The molecule has 0 unspecified atom stereocenters. The number of nitrogen functional groups attached to an aromatic ring is 1. The molecule has 0 radical (unpaired) electrons. The van der Waals surface area contributed by atoms with Crippen LogP contribution in [-0.2, 0) is 11.0 Å². The van der Waals surface area contributed by atoms with Crippen LogP contribution >= 0.6 is 0 Å². The summed E-state index contributed by atoms with van der Waals surface area (Å²) >= 11 is 0. The Labute approximate surface area is 139 Å². The Hall–Kier alpha value is -1.99. The summed E-state index contributed by atoms with van der Waals surface area (Å²) in [5.41, 5.74) is 5.95. The average molecular weight is 339 g/mol. The van der Waals surface area contributed by atoms with E-state index >= 15 is 0 Å². The number of halogens is 2. The van der Waals surface area contributed by atoms with Crippen molar-refractivity contribution in [2.45, 2.75) is 70.3 Å². The molecule has 2 aromatic rings. The maximum Gasteiger partial charge on any atom is 0.248 e. The minimum atomic E-state index is -2.60. The number of rotatable bonds is 2. The van der Waals surface area contributed by atoms with Crippen LogP contribution < -0.4 is 5.73 Å². The molecule has 1 saturated carbocycles. The first-order chi connectivity index (χ1) is 11.0. The minimum absolute atomic E-state index is 0.161. The van der Waals surface area contributed by atoms with Gasteiger partial charge in [-0.05, 0) is 33.6 Å². The van der Waals surface area contributed by atoms with Crippen LogP contribution in [0, 0.1) is 0 Å². The molecule has 0 bridgehead atoms. The van der Waals surface area contributed by atoms with E-state index in [-0.39, 0.29) is 18.4 Å². The molecule has 8 heteroatoms. The lowest BCUT2D eigenvalue weighted by Gasteiger charge is -2.34. The van der Waals surface area contributed by atoms with Gasteiger partial charge in [-0.15, -0.1) is 0 Å². The van der Waals surface area contributed by atoms with Gasteiger partial charge < -0.3 is 10.3 Å². The SMILES string of the molecule is CC1(c2nc(-c3cnn(C(C)(C)C)c3N)no2)CCC(F)(F)CC1. The minimum Gasteiger partial charge on any atom is -0.383 e. The molecular formula is C16H23F2N5O. The Balaban J connectivity index is 1.88. The lowest BCUT2D eigenvalue weighted by Crippen LogP contribution is -2.34. The van der Waals surface area contributed by atoms with E-state index in [9.17, 15) is 8.78 Å². The quantitative estimate of drug-likeness (QED) is 0.901. The molecule has 0 spiro atoms. The molecule has 3 rings (SSSR count). The van der Waals surface area contributed by atoms with Crippen LogP contribution in [0.3, 0.4) is 0 Å². The van der Waals surface area contributed by atoms with Crippen molar-refractivity contribution in [3.05, 3.63) is 12.1 Å². The zero-order valence-corrected chi connectivity index (χ0v) is 14.4. The van der Waals surface area contributed by atoms with Crippen molar-refractivity contribution in [2.24, 2.45) is 0 Å². The average Bonchev–Trinajstić information content (AvgIpc) is 3.08. The van der Waals surface area contributed by atoms with E-state index in [2.05, 4.69) is 15.2 Å². The highest BCUT2D eigenvalue weighted by Gasteiger charge is 2.44. The lowest BCUT2D eigenvalue weighted by atomic mass is 9.74. The normalized spacial score (nSPS) is 20.2. The molecule has 1 fully saturated rings. The molecule has 0 atom stereocenters. The monoisotopic (exact) mass is 339 g/mol. The van der Waals surface area contributed by atoms with Crippen LogP contribution in [0.5, 0.6) is 0 Å². The van der Waals surface area contributed by atoms with Crippen molar-refractivity contribution >= 4 is 5.82 Å². The van der Waals surface area contributed by atoms with Gasteiger partial charge in [0.1, 0.15) is 5.82 Å². The molecule has 132 valence electrons. The Kier molecular flexibility index (Phi) is 3.69. The van der Waals surface area contributed by atoms with Gasteiger partial charge in [-0.1, -0.05) is 12.1 Å². The van der Waals surface area contributed by atoms with Crippen LogP contribution in [0.4, 0.5) is 14.6 Å². The lowest BCUT2D eigenvalue weighted by molar-refractivity contribution is -0.0532. The first-order valence-corrected chi connectivity index (χ1v) is 8.08. The van der Waals surface area contributed by atoms with E-state index in [0.717, 1.165) is 0 Å². The van der Waals surface area contributed by atoms with Crippen LogP contribution in [0.15, 0.2) is 10.7 Å². The fourth-order valence-corrected chi connectivity index (χ4v) is 3.02. The fourth-order valence-electron chi connectivity index (χ4n) is 3.02. The van der Waals surface area contributed by atoms with Crippen LogP contribution in [-0.4, -0.2) is 25.8 Å².